The van der Waals surface area contributed by atoms with E-state index in [1.54, 1.807) is 77.5 Å². The molecule has 0 aliphatic rings. The third-order valence-corrected chi connectivity index (χ3v) is 6.69. The zero-order valence-corrected chi connectivity index (χ0v) is 21.7. The summed E-state index contributed by atoms with van der Waals surface area (Å²) >= 11 is 6.15. The van der Waals surface area contributed by atoms with Gasteiger partial charge in [0.05, 0.1) is 17.8 Å². The molecule has 3 rings (SSSR count). The normalized spacial score (nSPS) is 12.2. The third kappa shape index (κ3) is 6.47. The Kier molecular flexibility index (Phi) is 7.68. The Morgan fingerprint density at radius 1 is 1.23 bits per heavy atom. The number of benzene rings is 2. The summed E-state index contributed by atoms with van der Waals surface area (Å²) in [5.41, 5.74) is 0.884. The van der Waals surface area contributed by atoms with Crippen molar-refractivity contribution in [3.63, 3.8) is 0 Å². The number of aryl methyl sites for hydroxylation is 1. The number of hydrogen-bond acceptors (Lipinski definition) is 5. The Morgan fingerprint density at radius 2 is 1.91 bits per heavy atom. The number of amides is 1. The van der Waals surface area contributed by atoms with E-state index in [-0.39, 0.29) is 28.5 Å². The second-order valence-corrected chi connectivity index (χ2v) is 10.8. The number of hydrogen-bond donors (Lipinski definition) is 2. The van der Waals surface area contributed by atoms with E-state index in [0.717, 1.165) is 0 Å². The van der Waals surface area contributed by atoms with Crippen LogP contribution >= 0.6 is 11.6 Å². The van der Waals surface area contributed by atoms with Crippen molar-refractivity contribution in [1.29, 1.82) is 0 Å². The first-order valence-electron chi connectivity index (χ1n) is 10.7. The van der Waals surface area contributed by atoms with Crippen LogP contribution in [-0.4, -0.2) is 54.5 Å². The molecule has 186 valence electrons. The van der Waals surface area contributed by atoms with Crippen molar-refractivity contribution in [3.8, 4) is 11.3 Å². The van der Waals surface area contributed by atoms with E-state index in [1.807, 2.05) is 0 Å². The minimum atomic E-state index is -4.15. The zero-order valence-electron chi connectivity index (χ0n) is 20.2. The summed E-state index contributed by atoms with van der Waals surface area (Å²) in [5.74, 6) is -0.354. The second kappa shape index (κ2) is 10.2. The molecule has 35 heavy (non-hydrogen) atoms. The van der Waals surface area contributed by atoms with Gasteiger partial charge in [0.1, 0.15) is 16.8 Å². The van der Waals surface area contributed by atoms with Gasteiger partial charge in [0.2, 0.25) is 5.91 Å². The van der Waals surface area contributed by atoms with E-state index < -0.39 is 15.6 Å². The molecular formula is C24H28ClN5O4S. The van der Waals surface area contributed by atoms with E-state index in [9.17, 15) is 18.3 Å². The minimum Gasteiger partial charge on any atom is -0.384 e. The molecule has 0 aliphatic heterocycles. The first-order valence-corrected chi connectivity index (χ1v) is 12.5. The number of anilines is 1. The van der Waals surface area contributed by atoms with Gasteiger partial charge in [-0.3, -0.25) is 9.48 Å². The number of carbonyl (C=O) groups is 1. The van der Waals surface area contributed by atoms with Crippen LogP contribution in [0.3, 0.4) is 0 Å². The maximum atomic E-state index is 13.2. The van der Waals surface area contributed by atoms with Gasteiger partial charge >= 0.3 is 0 Å². The summed E-state index contributed by atoms with van der Waals surface area (Å²) in [5, 5.41) is 18.0. The average molecular weight is 518 g/mol. The number of nitrogens with zero attached hydrogens (tertiary/aromatic N) is 4. The van der Waals surface area contributed by atoms with Crippen LogP contribution in [0, 0.1) is 0 Å². The molecule has 0 saturated carbocycles. The number of aliphatic hydroxyl groups is 1. The summed E-state index contributed by atoms with van der Waals surface area (Å²) in [4.78, 5) is 14.0. The molecule has 0 spiro atoms. The Morgan fingerprint density at radius 3 is 2.51 bits per heavy atom. The highest BCUT2D eigenvalue weighted by atomic mass is 35.5. The standard InChI is InChI=1S/C24H28ClN5O4S/c1-24(2,32)22-14-20(28-30(22)5)18-11-10-17(13-21(18)35(33,34)26-15-29(3)4)27-23(31)12-16-8-6-7-9-19(16)25/h6-11,13-15,32H,12H2,1-5H3,(H,27,31). The molecule has 2 aromatic carbocycles. The van der Waals surface area contributed by atoms with Crippen molar-refractivity contribution in [2.45, 2.75) is 30.8 Å². The largest absolute Gasteiger partial charge is 0.384 e. The molecule has 1 amide bonds. The zero-order chi connectivity index (χ0) is 26.0. The average Bonchev–Trinajstić information content (AvgIpc) is 3.16. The Labute approximate surface area is 210 Å². The molecule has 0 atom stereocenters. The minimum absolute atomic E-state index is 0.0253. The maximum absolute atomic E-state index is 13.2. The lowest BCUT2D eigenvalue weighted by Crippen LogP contribution is -2.19. The lowest BCUT2D eigenvalue weighted by atomic mass is 10.0. The van der Waals surface area contributed by atoms with E-state index in [0.29, 0.717) is 22.0 Å². The van der Waals surface area contributed by atoms with Crippen LogP contribution in [0.1, 0.15) is 25.1 Å². The van der Waals surface area contributed by atoms with Gasteiger partial charge in [0, 0.05) is 37.4 Å². The topological polar surface area (TPSA) is 117 Å². The maximum Gasteiger partial charge on any atom is 0.284 e. The van der Waals surface area contributed by atoms with E-state index in [2.05, 4.69) is 14.8 Å². The van der Waals surface area contributed by atoms with Crippen LogP contribution in [0.4, 0.5) is 5.69 Å². The van der Waals surface area contributed by atoms with Gasteiger partial charge in [-0.2, -0.15) is 13.5 Å². The van der Waals surface area contributed by atoms with Crippen molar-refractivity contribution in [2.24, 2.45) is 11.4 Å². The van der Waals surface area contributed by atoms with Crippen LogP contribution in [0.25, 0.3) is 11.3 Å². The molecule has 0 aliphatic carbocycles. The van der Waals surface area contributed by atoms with Gasteiger partial charge in [0.15, 0.2) is 0 Å². The number of sulfonamides is 1. The lowest BCUT2D eigenvalue weighted by molar-refractivity contribution is -0.115. The molecule has 2 N–H and O–H groups in total. The number of rotatable bonds is 8. The van der Waals surface area contributed by atoms with Gasteiger partial charge in [0.25, 0.3) is 10.0 Å². The first kappa shape index (κ1) is 26.4. The van der Waals surface area contributed by atoms with Crippen LogP contribution in [0.2, 0.25) is 5.02 Å². The lowest BCUT2D eigenvalue weighted by Gasteiger charge is -2.16. The predicted octanol–water partition coefficient (Wildman–Crippen LogP) is 3.43. The van der Waals surface area contributed by atoms with E-state index in [1.165, 1.54) is 22.0 Å². The van der Waals surface area contributed by atoms with Crippen LogP contribution < -0.4 is 5.32 Å². The quantitative estimate of drug-likeness (QED) is 0.349. The SMILES string of the molecule is CN(C)C=NS(=O)(=O)c1cc(NC(=O)Cc2ccccc2Cl)ccc1-c1cc(C(C)(C)O)n(C)n1. The molecule has 0 saturated heterocycles. The van der Waals surface area contributed by atoms with Crippen molar-refractivity contribution in [3.05, 3.63) is 64.8 Å². The third-order valence-electron chi connectivity index (χ3n) is 5.05. The highest BCUT2D eigenvalue weighted by Crippen LogP contribution is 2.33. The summed E-state index contributed by atoms with van der Waals surface area (Å²) in [6.07, 6.45) is 1.21. The number of carbonyl (C=O) groups excluding carboxylic acids is 1. The molecule has 9 nitrogen and oxygen atoms in total. The first-order chi connectivity index (χ1) is 16.3. The van der Waals surface area contributed by atoms with Crippen molar-refractivity contribution in [2.75, 3.05) is 19.4 Å². The smallest absolute Gasteiger partial charge is 0.284 e. The molecule has 0 unspecified atom stereocenters. The fraction of sp³-hybridized carbons (Fsp3) is 0.292. The van der Waals surface area contributed by atoms with Gasteiger partial charge in [-0.05, 0) is 49.7 Å². The Balaban J connectivity index is 2.04. The predicted molar refractivity (Wildman–Crippen MR) is 137 cm³/mol. The number of halogens is 1. The van der Waals surface area contributed by atoms with E-state index in [4.69, 9.17) is 11.6 Å². The highest BCUT2D eigenvalue weighted by molar-refractivity contribution is 7.90. The van der Waals surface area contributed by atoms with Gasteiger partial charge < -0.3 is 15.3 Å². The van der Waals surface area contributed by atoms with Crippen molar-refractivity contribution < 1.29 is 18.3 Å². The molecule has 1 aromatic heterocycles. The second-order valence-electron chi connectivity index (χ2n) is 8.78. The molecular weight excluding hydrogens is 490 g/mol. The van der Waals surface area contributed by atoms with Gasteiger partial charge in [-0.15, -0.1) is 4.40 Å². The summed E-state index contributed by atoms with van der Waals surface area (Å²) in [6, 6.07) is 13.1. The Hall–Kier alpha value is -3.21. The van der Waals surface area contributed by atoms with Crippen LogP contribution in [0.15, 0.2) is 57.8 Å². The van der Waals surface area contributed by atoms with Crippen molar-refractivity contribution >= 4 is 39.6 Å². The summed E-state index contributed by atoms with van der Waals surface area (Å²) in [7, 11) is 0.817. The fourth-order valence-electron chi connectivity index (χ4n) is 3.43. The molecule has 3 aromatic rings. The molecule has 0 bridgehead atoms. The van der Waals surface area contributed by atoms with Gasteiger partial charge in [-0.25, -0.2) is 0 Å². The monoisotopic (exact) mass is 517 g/mol. The number of nitrogens with one attached hydrogen (secondary N) is 1. The molecule has 11 heteroatoms. The van der Waals surface area contributed by atoms with Crippen molar-refractivity contribution in [1.82, 2.24) is 14.7 Å². The van der Waals surface area contributed by atoms with Crippen LogP contribution in [0.5, 0.6) is 0 Å². The molecule has 1 heterocycles. The van der Waals surface area contributed by atoms with Crippen LogP contribution in [-0.2, 0) is 33.9 Å². The number of aromatic nitrogens is 2. The summed E-state index contributed by atoms with van der Waals surface area (Å²) in [6.45, 7) is 3.23. The fourth-order valence-corrected chi connectivity index (χ4v) is 4.78. The van der Waals surface area contributed by atoms with Gasteiger partial charge in [-0.1, -0.05) is 29.8 Å². The molecule has 0 radical (unpaired) electrons. The Bertz CT molecular complexity index is 1370. The molecule has 0 fully saturated rings. The van der Waals surface area contributed by atoms with E-state index >= 15 is 0 Å². The highest BCUT2D eigenvalue weighted by Gasteiger charge is 2.26. The summed E-state index contributed by atoms with van der Waals surface area (Å²) < 4.78 is 31.6.